The molecule has 9 heteroatoms. The predicted molar refractivity (Wildman–Crippen MR) is 116 cm³/mol. The van der Waals surface area contributed by atoms with E-state index in [0.717, 1.165) is 11.6 Å². The maximum Gasteiger partial charge on any atom is 0.417 e. The number of carbonyl (C=O) groups excluding carboxylic acids is 2. The second-order valence-electron chi connectivity index (χ2n) is 7.01. The average Bonchev–Trinajstić information content (AvgIpc) is 2.77. The zero-order valence-electron chi connectivity index (χ0n) is 18.7. The molecule has 0 radical (unpaired) electrons. The highest BCUT2D eigenvalue weighted by atomic mass is 19.4. The van der Waals surface area contributed by atoms with Gasteiger partial charge in [0.15, 0.2) is 0 Å². The molecule has 0 aromatic heterocycles. The molecule has 1 N–H and O–H groups in total. The Hall–Kier alpha value is -3.07. The van der Waals surface area contributed by atoms with Crippen LogP contribution in [-0.4, -0.2) is 44.8 Å². The van der Waals surface area contributed by atoms with Gasteiger partial charge in [-0.15, -0.1) is 0 Å². The molecule has 0 atom stereocenters. The average molecular weight is 467 g/mol. The summed E-state index contributed by atoms with van der Waals surface area (Å²) in [7, 11) is 0. The number of hydrogen-bond donors (Lipinski definition) is 1. The molecule has 2 aromatic carbocycles. The Morgan fingerprint density at radius 1 is 0.970 bits per heavy atom. The highest BCUT2D eigenvalue weighted by Crippen LogP contribution is 2.33. The number of hydrogen-bond acceptors (Lipinski definition) is 5. The number of nitrogens with one attached hydrogen (secondary N) is 1. The SMILES string of the molecule is CCOCCOc1ccc(CCNC(=O)c2c(CC(=O)OCC)cccc2C(F)(F)F)cc1. The van der Waals surface area contributed by atoms with Gasteiger partial charge in [0.2, 0.25) is 0 Å². The molecule has 0 saturated heterocycles. The van der Waals surface area contributed by atoms with Crippen LogP contribution >= 0.6 is 0 Å². The summed E-state index contributed by atoms with van der Waals surface area (Å²) in [6, 6.07) is 10.5. The van der Waals surface area contributed by atoms with Crippen LogP contribution in [0.1, 0.15) is 40.9 Å². The highest BCUT2D eigenvalue weighted by Gasteiger charge is 2.36. The Kier molecular flexibility index (Phi) is 10.2. The third-order valence-electron chi connectivity index (χ3n) is 4.65. The third-order valence-corrected chi connectivity index (χ3v) is 4.65. The fraction of sp³-hybridized carbons (Fsp3) is 0.417. The summed E-state index contributed by atoms with van der Waals surface area (Å²) in [6.07, 6.45) is -4.76. The number of carbonyl (C=O) groups is 2. The fourth-order valence-corrected chi connectivity index (χ4v) is 3.14. The molecule has 180 valence electrons. The van der Waals surface area contributed by atoms with Gasteiger partial charge in [-0.3, -0.25) is 9.59 Å². The molecule has 0 spiro atoms. The van der Waals surface area contributed by atoms with E-state index in [4.69, 9.17) is 14.2 Å². The molecule has 0 aliphatic rings. The van der Waals surface area contributed by atoms with E-state index < -0.39 is 35.6 Å². The molecular weight excluding hydrogens is 439 g/mol. The first-order valence-corrected chi connectivity index (χ1v) is 10.7. The minimum absolute atomic E-state index is 0.0330. The van der Waals surface area contributed by atoms with E-state index in [-0.39, 0.29) is 18.7 Å². The summed E-state index contributed by atoms with van der Waals surface area (Å²) in [5.41, 5.74) is -0.802. The van der Waals surface area contributed by atoms with E-state index in [9.17, 15) is 22.8 Å². The molecule has 2 rings (SSSR count). The van der Waals surface area contributed by atoms with Crippen LogP contribution in [0.5, 0.6) is 5.75 Å². The highest BCUT2D eigenvalue weighted by molar-refractivity contribution is 5.98. The van der Waals surface area contributed by atoms with Crippen molar-refractivity contribution in [2.24, 2.45) is 0 Å². The normalized spacial score (nSPS) is 11.2. The Morgan fingerprint density at radius 2 is 1.70 bits per heavy atom. The van der Waals surface area contributed by atoms with Gasteiger partial charge in [0, 0.05) is 13.2 Å². The van der Waals surface area contributed by atoms with Crippen molar-refractivity contribution in [1.29, 1.82) is 0 Å². The Bertz CT molecular complexity index is 913. The number of benzene rings is 2. The number of rotatable bonds is 12. The number of ether oxygens (including phenoxy) is 3. The predicted octanol–water partition coefficient (Wildman–Crippen LogP) is 4.20. The van der Waals surface area contributed by atoms with Crippen LogP contribution in [0.15, 0.2) is 42.5 Å². The molecule has 0 aliphatic carbocycles. The summed E-state index contributed by atoms with van der Waals surface area (Å²) in [6.45, 7) is 5.24. The lowest BCUT2D eigenvalue weighted by Gasteiger charge is -2.16. The van der Waals surface area contributed by atoms with Crippen LogP contribution in [0, 0.1) is 0 Å². The number of halogens is 3. The Balaban J connectivity index is 2.03. The second kappa shape index (κ2) is 12.8. The number of esters is 1. The molecule has 0 bridgehead atoms. The van der Waals surface area contributed by atoms with Gasteiger partial charge in [-0.25, -0.2) is 0 Å². The van der Waals surface area contributed by atoms with E-state index in [1.165, 1.54) is 12.1 Å². The number of alkyl halides is 3. The summed E-state index contributed by atoms with van der Waals surface area (Å²) in [5.74, 6) is -0.919. The molecule has 1 amide bonds. The van der Waals surface area contributed by atoms with Crippen molar-refractivity contribution in [3.63, 3.8) is 0 Å². The Morgan fingerprint density at radius 3 is 2.33 bits per heavy atom. The molecule has 0 aliphatic heterocycles. The minimum Gasteiger partial charge on any atom is -0.491 e. The van der Waals surface area contributed by atoms with Crippen LogP contribution in [0.3, 0.4) is 0 Å². The van der Waals surface area contributed by atoms with E-state index in [0.29, 0.717) is 32.0 Å². The third kappa shape index (κ3) is 8.42. The summed E-state index contributed by atoms with van der Waals surface area (Å²) < 4.78 is 56.1. The van der Waals surface area contributed by atoms with Gasteiger partial charge >= 0.3 is 12.1 Å². The van der Waals surface area contributed by atoms with Gasteiger partial charge in [-0.05, 0) is 49.6 Å². The van der Waals surface area contributed by atoms with Gasteiger partial charge < -0.3 is 19.5 Å². The van der Waals surface area contributed by atoms with Crippen molar-refractivity contribution in [3.05, 3.63) is 64.7 Å². The molecular formula is C24H28F3NO5. The second-order valence-corrected chi connectivity index (χ2v) is 7.01. The largest absolute Gasteiger partial charge is 0.491 e. The van der Waals surface area contributed by atoms with Gasteiger partial charge in [-0.1, -0.05) is 24.3 Å². The van der Waals surface area contributed by atoms with Crippen molar-refractivity contribution >= 4 is 11.9 Å². The quantitative estimate of drug-likeness (QED) is 0.374. The first kappa shape index (κ1) is 26.2. The smallest absolute Gasteiger partial charge is 0.417 e. The van der Waals surface area contributed by atoms with Crippen LogP contribution in [-0.2, 0) is 33.3 Å². The van der Waals surface area contributed by atoms with Crippen LogP contribution in [0.2, 0.25) is 0 Å². The van der Waals surface area contributed by atoms with Crippen molar-refractivity contribution in [3.8, 4) is 5.75 Å². The molecule has 0 saturated carbocycles. The van der Waals surface area contributed by atoms with Gasteiger partial charge in [-0.2, -0.15) is 13.2 Å². The summed E-state index contributed by atoms with van der Waals surface area (Å²) >= 11 is 0. The van der Waals surface area contributed by atoms with E-state index in [1.807, 2.05) is 19.1 Å². The zero-order valence-corrected chi connectivity index (χ0v) is 18.7. The van der Waals surface area contributed by atoms with E-state index >= 15 is 0 Å². The first-order valence-electron chi connectivity index (χ1n) is 10.7. The van der Waals surface area contributed by atoms with Gasteiger partial charge in [0.25, 0.3) is 5.91 Å². The van der Waals surface area contributed by atoms with Crippen LogP contribution < -0.4 is 10.1 Å². The maximum atomic E-state index is 13.5. The molecule has 33 heavy (non-hydrogen) atoms. The maximum absolute atomic E-state index is 13.5. The van der Waals surface area contributed by atoms with Crippen molar-refractivity contribution in [2.45, 2.75) is 32.9 Å². The van der Waals surface area contributed by atoms with Crippen molar-refractivity contribution < 1.29 is 37.0 Å². The lowest BCUT2D eigenvalue weighted by Crippen LogP contribution is -2.30. The molecule has 6 nitrogen and oxygen atoms in total. The van der Waals surface area contributed by atoms with Gasteiger partial charge in [0.1, 0.15) is 12.4 Å². The monoisotopic (exact) mass is 467 g/mol. The lowest BCUT2D eigenvalue weighted by atomic mass is 9.97. The molecule has 0 heterocycles. The first-order chi connectivity index (χ1) is 15.8. The molecule has 2 aromatic rings. The standard InChI is InChI=1S/C24H28F3NO5/c1-3-31-14-15-33-19-10-8-17(9-11-19)12-13-28-23(30)22-18(16-21(29)32-4-2)6-5-7-20(22)24(25,26)27/h5-11H,3-4,12-16H2,1-2H3,(H,28,30). The Labute approximate surface area is 191 Å². The topological polar surface area (TPSA) is 73.9 Å². The van der Waals surface area contributed by atoms with Crippen molar-refractivity contribution in [2.75, 3.05) is 33.0 Å². The van der Waals surface area contributed by atoms with Crippen LogP contribution in [0.4, 0.5) is 13.2 Å². The van der Waals surface area contributed by atoms with Crippen LogP contribution in [0.25, 0.3) is 0 Å². The zero-order chi connectivity index (χ0) is 24.3. The van der Waals surface area contributed by atoms with E-state index in [2.05, 4.69) is 5.32 Å². The number of amides is 1. The van der Waals surface area contributed by atoms with Crippen molar-refractivity contribution in [1.82, 2.24) is 5.32 Å². The van der Waals surface area contributed by atoms with E-state index in [1.54, 1.807) is 19.1 Å². The molecule has 0 unspecified atom stereocenters. The summed E-state index contributed by atoms with van der Waals surface area (Å²) in [5, 5.41) is 2.53. The molecule has 0 fully saturated rings. The summed E-state index contributed by atoms with van der Waals surface area (Å²) in [4.78, 5) is 24.5. The minimum atomic E-state index is -4.74. The fourth-order valence-electron chi connectivity index (χ4n) is 3.14. The lowest BCUT2D eigenvalue weighted by molar-refractivity contribution is -0.142. The van der Waals surface area contributed by atoms with Gasteiger partial charge in [0.05, 0.1) is 30.8 Å².